The first kappa shape index (κ1) is 12.8. The molecule has 0 saturated carbocycles. The molecule has 1 aliphatic rings. The molecule has 0 aliphatic carbocycles. The second-order valence-electron chi connectivity index (χ2n) is 3.96. The zero-order valence-electron chi connectivity index (χ0n) is 9.63. The van der Waals surface area contributed by atoms with Gasteiger partial charge in [-0.15, -0.1) is 0 Å². The zero-order chi connectivity index (χ0) is 10.9. The summed E-state index contributed by atoms with van der Waals surface area (Å²) < 4.78 is 0. The Morgan fingerprint density at radius 1 is 1.33 bits per heavy atom. The van der Waals surface area contributed by atoms with E-state index >= 15 is 0 Å². The lowest BCUT2D eigenvalue weighted by Crippen LogP contribution is -2.41. The van der Waals surface area contributed by atoms with Crippen LogP contribution >= 0.6 is 11.8 Å². The van der Waals surface area contributed by atoms with Crippen molar-refractivity contribution in [2.75, 3.05) is 38.2 Å². The van der Waals surface area contributed by atoms with E-state index in [1.165, 1.54) is 25.0 Å². The van der Waals surface area contributed by atoms with Crippen LogP contribution in [-0.4, -0.2) is 49.0 Å². The maximum atomic E-state index is 11.7. The Balaban J connectivity index is 2.02. The van der Waals surface area contributed by atoms with E-state index in [0.717, 1.165) is 26.1 Å². The van der Waals surface area contributed by atoms with Crippen molar-refractivity contribution in [1.29, 1.82) is 0 Å². The summed E-state index contributed by atoms with van der Waals surface area (Å²) in [5, 5.41) is 3.21. The van der Waals surface area contributed by atoms with Gasteiger partial charge < -0.3 is 10.2 Å². The minimum Gasteiger partial charge on any atom is -0.342 e. The van der Waals surface area contributed by atoms with Crippen molar-refractivity contribution in [2.45, 2.75) is 25.7 Å². The number of rotatable bonds is 6. The highest BCUT2D eigenvalue weighted by Gasteiger charge is 2.15. The summed E-state index contributed by atoms with van der Waals surface area (Å²) in [6.07, 6.45) is 6.90. The largest absolute Gasteiger partial charge is 0.342 e. The molecule has 0 aromatic heterocycles. The van der Waals surface area contributed by atoms with E-state index in [1.807, 2.05) is 16.7 Å². The Morgan fingerprint density at radius 3 is 2.73 bits per heavy atom. The van der Waals surface area contributed by atoms with E-state index in [1.54, 1.807) is 0 Å². The molecule has 0 aromatic rings. The molecule has 0 spiro atoms. The quantitative estimate of drug-likeness (QED) is 0.699. The minimum absolute atomic E-state index is 0.277. The molecule has 15 heavy (non-hydrogen) atoms. The molecule has 0 radical (unpaired) electrons. The highest BCUT2D eigenvalue weighted by Crippen LogP contribution is 2.08. The molecular weight excluding hydrogens is 208 g/mol. The van der Waals surface area contributed by atoms with Crippen molar-refractivity contribution in [2.24, 2.45) is 0 Å². The van der Waals surface area contributed by atoms with Crippen LogP contribution in [0.3, 0.4) is 0 Å². The average Bonchev–Trinajstić information content (AvgIpc) is 2.30. The highest BCUT2D eigenvalue weighted by molar-refractivity contribution is 7.98. The number of piperidine rings is 1. The SMILES string of the molecule is CSCCCNCC(=O)N1CCCCC1. The molecule has 1 saturated heterocycles. The summed E-state index contributed by atoms with van der Waals surface area (Å²) in [6.45, 7) is 3.41. The number of likely N-dealkylation sites (tertiary alicyclic amines) is 1. The van der Waals surface area contributed by atoms with E-state index in [4.69, 9.17) is 0 Å². The van der Waals surface area contributed by atoms with E-state index in [9.17, 15) is 4.79 Å². The van der Waals surface area contributed by atoms with E-state index in [-0.39, 0.29) is 5.91 Å². The summed E-state index contributed by atoms with van der Waals surface area (Å²) in [5.74, 6) is 1.45. The third-order valence-electron chi connectivity index (χ3n) is 2.69. The van der Waals surface area contributed by atoms with Gasteiger partial charge >= 0.3 is 0 Å². The van der Waals surface area contributed by atoms with Crippen LogP contribution in [0.5, 0.6) is 0 Å². The zero-order valence-corrected chi connectivity index (χ0v) is 10.4. The number of hydrogen-bond donors (Lipinski definition) is 1. The Morgan fingerprint density at radius 2 is 2.07 bits per heavy atom. The van der Waals surface area contributed by atoms with Gasteiger partial charge in [0.15, 0.2) is 0 Å². The normalized spacial score (nSPS) is 16.7. The monoisotopic (exact) mass is 230 g/mol. The summed E-state index contributed by atoms with van der Waals surface area (Å²) in [4.78, 5) is 13.7. The number of amides is 1. The highest BCUT2D eigenvalue weighted by atomic mass is 32.2. The first-order valence-corrected chi connectivity index (χ1v) is 7.21. The number of nitrogens with zero attached hydrogens (tertiary/aromatic N) is 1. The van der Waals surface area contributed by atoms with Crippen LogP contribution in [0.25, 0.3) is 0 Å². The van der Waals surface area contributed by atoms with Gasteiger partial charge in [-0.1, -0.05) is 0 Å². The fourth-order valence-corrected chi connectivity index (χ4v) is 2.22. The molecule has 0 atom stereocenters. The van der Waals surface area contributed by atoms with Crippen LogP contribution in [0.2, 0.25) is 0 Å². The van der Waals surface area contributed by atoms with Crippen molar-refractivity contribution in [3.63, 3.8) is 0 Å². The van der Waals surface area contributed by atoms with Gasteiger partial charge in [0.2, 0.25) is 5.91 Å². The first-order chi connectivity index (χ1) is 7.34. The van der Waals surface area contributed by atoms with Crippen molar-refractivity contribution >= 4 is 17.7 Å². The average molecular weight is 230 g/mol. The van der Waals surface area contributed by atoms with Crippen LogP contribution in [-0.2, 0) is 4.79 Å². The van der Waals surface area contributed by atoms with Crippen LogP contribution in [0.4, 0.5) is 0 Å². The Bertz CT molecular complexity index is 181. The molecule has 0 bridgehead atoms. The van der Waals surface area contributed by atoms with Crippen LogP contribution in [0, 0.1) is 0 Å². The summed E-state index contributed by atoms with van der Waals surface area (Å²) in [5.41, 5.74) is 0. The van der Waals surface area contributed by atoms with Crippen molar-refractivity contribution in [1.82, 2.24) is 10.2 Å². The molecule has 1 N–H and O–H groups in total. The fraction of sp³-hybridized carbons (Fsp3) is 0.909. The van der Waals surface area contributed by atoms with Gasteiger partial charge in [-0.05, 0) is 44.2 Å². The van der Waals surface area contributed by atoms with Gasteiger partial charge in [-0.2, -0.15) is 11.8 Å². The predicted octanol–water partition coefficient (Wildman–Crippen LogP) is 1.34. The van der Waals surface area contributed by atoms with E-state index < -0.39 is 0 Å². The molecule has 1 rings (SSSR count). The Kier molecular flexibility index (Phi) is 6.85. The van der Waals surface area contributed by atoms with Gasteiger partial charge in [0, 0.05) is 13.1 Å². The summed E-state index contributed by atoms with van der Waals surface area (Å²) in [7, 11) is 0. The molecular formula is C11H22N2OS. The van der Waals surface area contributed by atoms with Gasteiger partial charge in [-0.3, -0.25) is 4.79 Å². The van der Waals surface area contributed by atoms with Crippen molar-refractivity contribution in [3.05, 3.63) is 0 Å². The number of hydrogen-bond acceptors (Lipinski definition) is 3. The smallest absolute Gasteiger partial charge is 0.236 e. The molecule has 1 heterocycles. The van der Waals surface area contributed by atoms with E-state index in [2.05, 4.69) is 11.6 Å². The maximum Gasteiger partial charge on any atom is 0.236 e. The lowest BCUT2D eigenvalue weighted by Gasteiger charge is -2.26. The van der Waals surface area contributed by atoms with Gasteiger partial charge in [-0.25, -0.2) is 0 Å². The molecule has 0 aromatic carbocycles. The molecule has 1 aliphatic heterocycles. The molecule has 88 valence electrons. The topological polar surface area (TPSA) is 32.3 Å². The summed E-state index contributed by atoms with van der Waals surface area (Å²) >= 11 is 1.85. The molecule has 1 amide bonds. The molecule has 3 nitrogen and oxygen atoms in total. The van der Waals surface area contributed by atoms with Crippen LogP contribution < -0.4 is 5.32 Å². The van der Waals surface area contributed by atoms with E-state index in [0.29, 0.717) is 6.54 Å². The standard InChI is InChI=1S/C11H22N2OS/c1-15-9-5-6-12-10-11(14)13-7-3-2-4-8-13/h12H,2-10H2,1H3. The number of thioether (sulfide) groups is 1. The third-order valence-corrected chi connectivity index (χ3v) is 3.38. The Hall–Kier alpha value is -0.220. The fourth-order valence-electron chi connectivity index (χ4n) is 1.79. The lowest BCUT2D eigenvalue weighted by molar-refractivity contribution is -0.131. The maximum absolute atomic E-state index is 11.7. The molecule has 1 fully saturated rings. The molecule has 4 heteroatoms. The van der Waals surface area contributed by atoms with Gasteiger partial charge in [0.05, 0.1) is 6.54 Å². The van der Waals surface area contributed by atoms with Gasteiger partial charge in [0.1, 0.15) is 0 Å². The second-order valence-corrected chi connectivity index (χ2v) is 4.95. The van der Waals surface area contributed by atoms with Crippen molar-refractivity contribution < 1.29 is 4.79 Å². The number of carbonyl (C=O) groups excluding carboxylic acids is 1. The second kappa shape index (κ2) is 7.99. The number of nitrogens with one attached hydrogen (secondary N) is 1. The Labute approximate surface area is 97.0 Å². The predicted molar refractivity (Wildman–Crippen MR) is 66.3 cm³/mol. The van der Waals surface area contributed by atoms with Crippen LogP contribution in [0.15, 0.2) is 0 Å². The third kappa shape index (κ3) is 5.42. The molecule has 0 unspecified atom stereocenters. The van der Waals surface area contributed by atoms with Gasteiger partial charge in [0.25, 0.3) is 0 Å². The summed E-state index contributed by atoms with van der Waals surface area (Å²) in [6, 6.07) is 0. The lowest BCUT2D eigenvalue weighted by atomic mass is 10.1. The number of carbonyl (C=O) groups is 1. The minimum atomic E-state index is 0.277. The first-order valence-electron chi connectivity index (χ1n) is 5.82. The van der Waals surface area contributed by atoms with Crippen molar-refractivity contribution in [3.8, 4) is 0 Å². The van der Waals surface area contributed by atoms with Crippen LogP contribution in [0.1, 0.15) is 25.7 Å².